The lowest BCUT2D eigenvalue weighted by molar-refractivity contribution is -0.119. The van der Waals surface area contributed by atoms with E-state index in [9.17, 15) is 9.59 Å². The Labute approximate surface area is 168 Å². The van der Waals surface area contributed by atoms with Crippen LogP contribution in [0, 0.1) is 6.92 Å². The number of methoxy groups -OCH3 is 1. The van der Waals surface area contributed by atoms with Gasteiger partial charge in [0.1, 0.15) is 5.75 Å². The van der Waals surface area contributed by atoms with E-state index in [1.165, 1.54) is 0 Å². The highest BCUT2D eigenvalue weighted by Crippen LogP contribution is 2.24. The lowest BCUT2D eigenvalue weighted by Gasteiger charge is -2.12. The highest BCUT2D eigenvalue weighted by Gasteiger charge is 2.20. The number of rotatable bonds is 5. The molecule has 152 valence electrons. The van der Waals surface area contributed by atoms with Crippen molar-refractivity contribution < 1.29 is 23.6 Å². The van der Waals surface area contributed by atoms with Crippen LogP contribution in [-0.4, -0.2) is 35.7 Å². The number of anilines is 1. The second-order valence-electron chi connectivity index (χ2n) is 7.63. The number of hydrogen-bond donors (Lipinski definition) is 1. The smallest absolute Gasteiger partial charge is 0.340 e. The Balaban J connectivity index is 1.65. The van der Waals surface area contributed by atoms with E-state index in [0.29, 0.717) is 28.2 Å². The Morgan fingerprint density at radius 3 is 2.59 bits per heavy atom. The topological polar surface area (TPSA) is 104 Å². The van der Waals surface area contributed by atoms with Crippen molar-refractivity contribution in [2.75, 3.05) is 19.0 Å². The number of nitrogens with zero attached hydrogens (tertiary/aromatic N) is 2. The average Bonchev–Trinajstić information content (AvgIpc) is 3.14. The molecule has 1 aromatic carbocycles. The first-order valence-electron chi connectivity index (χ1n) is 9.07. The minimum atomic E-state index is -0.629. The molecule has 0 unspecified atom stereocenters. The molecule has 0 saturated heterocycles. The number of hydrogen-bond acceptors (Lipinski definition) is 7. The molecule has 8 nitrogen and oxygen atoms in total. The normalized spacial score (nSPS) is 11.3. The molecule has 0 aliphatic rings. The van der Waals surface area contributed by atoms with Crippen LogP contribution in [0.4, 0.5) is 5.88 Å². The number of esters is 1. The van der Waals surface area contributed by atoms with E-state index in [1.54, 1.807) is 44.4 Å². The van der Waals surface area contributed by atoms with Gasteiger partial charge in [0.15, 0.2) is 6.61 Å². The van der Waals surface area contributed by atoms with Gasteiger partial charge < -0.3 is 14.0 Å². The molecule has 1 N–H and O–H groups in total. The Morgan fingerprint density at radius 1 is 1.17 bits per heavy atom. The van der Waals surface area contributed by atoms with Crippen LogP contribution in [0.15, 0.2) is 34.9 Å². The Bertz CT molecular complexity index is 1070. The number of ether oxygens (including phenoxy) is 2. The summed E-state index contributed by atoms with van der Waals surface area (Å²) < 4.78 is 15.4. The van der Waals surface area contributed by atoms with Gasteiger partial charge in [-0.15, -0.1) is 0 Å². The summed E-state index contributed by atoms with van der Waals surface area (Å²) in [6, 6.07) is 8.70. The fourth-order valence-electron chi connectivity index (χ4n) is 2.65. The molecule has 2 aromatic heterocycles. The van der Waals surface area contributed by atoms with Crippen molar-refractivity contribution in [2.45, 2.75) is 33.1 Å². The Hall–Kier alpha value is -3.42. The zero-order valence-electron chi connectivity index (χ0n) is 17.0. The van der Waals surface area contributed by atoms with Crippen LogP contribution >= 0.6 is 0 Å². The van der Waals surface area contributed by atoms with E-state index in [-0.39, 0.29) is 11.3 Å². The summed E-state index contributed by atoms with van der Waals surface area (Å²) in [5, 5.41) is 7.21. The number of nitrogens with one attached hydrogen (secondary N) is 1. The molecule has 2 heterocycles. The van der Waals surface area contributed by atoms with Crippen molar-refractivity contribution in [3.05, 3.63) is 47.3 Å². The monoisotopic (exact) mass is 397 g/mol. The lowest BCUT2D eigenvalue weighted by atomic mass is 9.92. The lowest BCUT2D eigenvalue weighted by Crippen LogP contribution is -2.21. The third-order valence-electron chi connectivity index (χ3n) is 4.31. The van der Waals surface area contributed by atoms with Gasteiger partial charge in [-0.3, -0.25) is 15.1 Å². The molecule has 0 saturated carbocycles. The van der Waals surface area contributed by atoms with Crippen LogP contribution in [0.5, 0.6) is 5.75 Å². The zero-order valence-corrected chi connectivity index (χ0v) is 17.0. The molecular formula is C21H23N3O5. The van der Waals surface area contributed by atoms with E-state index in [2.05, 4.69) is 15.5 Å². The maximum atomic E-state index is 12.4. The van der Waals surface area contributed by atoms with Crippen molar-refractivity contribution in [3.63, 3.8) is 0 Å². The summed E-state index contributed by atoms with van der Waals surface area (Å²) in [7, 11) is 1.58. The first-order valence-corrected chi connectivity index (χ1v) is 9.07. The minimum Gasteiger partial charge on any atom is -0.497 e. The number of aromatic nitrogens is 2. The van der Waals surface area contributed by atoms with Gasteiger partial charge in [0.2, 0.25) is 5.88 Å². The molecule has 3 rings (SSSR count). The SMILES string of the molecule is COc1ccc2cc(C(=O)OCC(=O)Nc3cc(C(C)(C)C)no3)c(C)nc2c1. The van der Waals surface area contributed by atoms with Crippen molar-refractivity contribution in [2.24, 2.45) is 0 Å². The van der Waals surface area contributed by atoms with Crippen LogP contribution < -0.4 is 10.1 Å². The molecule has 29 heavy (non-hydrogen) atoms. The quantitative estimate of drug-likeness (QED) is 0.656. The van der Waals surface area contributed by atoms with Crippen LogP contribution in [0.1, 0.15) is 42.5 Å². The summed E-state index contributed by atoms with van der Waals surface area (Å²) in [6.45, 7) is 7.19. The summed E-state index contributed by atoms with van der Waals surface area (Å²) in [5.41, 5.74) is 2.01. The third kappa shape index (κ3) is 4.71. The number of carbonyl (C=O) groups excluding carboxylic acids is 2. The Kier molecular flexibility index (Phi) is 5.54. The van der Waals surface area contributed by atoms with Gasteiger partial charge in [0, 0.05) is 22.9 Å². The molecule has 8 heteroatoms. The van der Waals surface area contributed by atoms with E-state index in [1.807, 2.05) is 20.8 Å². The largest absolute Gasteiger partial charge is 0.497 e. The number of pyridine rings is 1. The summed E-state index contributed by atoms with van der Waals surface area (Å²) >= 11 is 0. The van der Waals surface area contributed by atoms with Gasteiger partial charge in [-0.05, 0) is 25.1 Å². The summed E-state index contributed by atoms with van der Waals surface area (Å²) in [6.07, 6.45) is 0. The maximum Gasteiger partial charge on any atom is 0.340 e. The van der Waals surface area contributed by atoms with Crippen molar-refractivity contribution in [1.82, 2.24) is 10.1 Å². The molecule has 0 fully saturated rings. The van der Waals surface area contributed by atoms with E-state index in [4.69, 9.17) is 14.0 Å². The number of carbonyl (C=O) groups is 2. The van der Waals surface area contributed by atoms with E-state index < -0.39 is 18.5 Å². The molecule has 0 radical (unpaired) electrons. The zero-order chi connectivity index (χ0) is 21.2. The summed E-state index contributed by atoms with van der Waals surface area (Å²) in [5.74, 6) is -0.270. The van der Waals surface area contributed by atoms with E-state index in [0.717, 1.165) is 5.39 Å². The summed E-state index contributed by atoms with van der Waals surface area (Å²) in [4.78, 5) is 28.9. The first kappa shape index (κ1) is 20.3. The molecule has 0 bridgehead atoms. The number of amides is 1. The van der Waals surface area contributed by atoms with Crippen LogP contribution in [0.25, 0.3) is 10.9 Å². The number of fused-ring (bicyclic) bond motifs is 1. The van der Waals surface area contributed by atoms with Crippen LogP contribution in [0.3, 0.4) is 0 Å². The molecule has 3 aromatic rings. The third-order valence-corrected chi connectivity index (χ3v) is 4.31. The van der Waals surface area contributed by atoms with Gasteiger partial charge in [0.25, 0.3) is 5.91 Å². The van der Waals surface area contributed by atoms with E-state index >= 15 is 0 Å². The molecule has 1 amide bonds. The molecule has 0 spiro atoms. The predicted molar refractivity (Wildman–Crippen MR) is 107 cm³/mol. The fourth-order valence-corrected chi connectivity index (χ4v) is 2.65. The molecule has 0 aliphatic carbocycles. The number of benzene rings is 1. The molecule has 0 aliphatic heterocycles. The minimum absolute atomic E-state index is 0.202. The maximum absolute atomic E-state index is 12.4. The molecular weight excluding hydrogens is 374 g/mol. The van der Waals surface area contributed by atoms with Gasteiger partial charge in [-0.1, -0.05) is 25.9 Å². The van der Waals surface area contributed by atoms with Gasteiger partial charge in [-0.2, -0.15) is 0 Å². The van der Waals surface area contributed by atoms with Gasteiger partial charge in [-0.25, -0.2) is 4.79 Å². The van der Waals surface area contributed by atoms with Gasteiger partial charge in [0.05, 0.1) is 29.6 Å². The average molecular weight is 397 g/mol. The fraction of sp³-hybridized carbons (Fsp3) is 0.333. The predicted octanol–water partition coefficient (Wildman–Crippen LogP) is 3.63. The second kappa shape index (κ2) is 7.90. The molecule has 0 atom stereocenters. The highest BCUT2D eigenvalue weighted by atomic mass is 16.5. The standard InChI is InChI=1S/C21H23N3O5/c1-12-15(8-13-6-7-14(27-5)9-16(13)22-12)20(26)28-11-18(25)23-19-10-17(24-29-19)21(2,3)4/h6-10H,11H2,1-5H3,(H,23,25). The second-order valence-corrected chi connectivity index (χ2v) is 7.63. The first-order chi connectivity index (χ1) is 13.7. The van der Waals surface area contributed by atoms with Crippen LogP contribution in [-0.2, 0) is 14.9 Å². The van der Waals surface area contributed by atoms with Crippen molar-refractivity contribution in [3.8, 4) is 5.75 Å². The Morgan fingerprint density at radius 2 is 1.93 bits per heavy atom. The van der Waals surface area contributed by atoms with Crippen molar-refractivity contribution >= 4 is 28.7 Å². The van der Waals surface area contributed by atoms with Gasteiger partial charge >= 0.3 is 5.97 Å². The number of aryl methyl sites for hydroxylation is 1. The van der Waals surface area contributed by atoms with Crippen LogP contribution in [0.2, 0.25) is 0 Å². The highest BCUT2D eigenvalue weighted by molar-refractivity contribution is 5.97. The van der Waals surface area contributed by atoms with Crippen molar-refractivity contribution in [1.29, 1.82) is 0 Å².